The summed E-state index contributed by atoms with van der Waals surface area (Å²) >= 11 is 0. The maximum absolute atomic E-state index is 13.6. The van der Waals surface area contributed by atoms with Gasteiger partial charge in [0.25, 0.3) is 5.91 Å². The van der Waals surface area contributed by atoms with Gasteiger partial charge >= 0.3 is 0 Å². The van der Waals surface area contributed by atoms with Gasteiger partial charge in [-0.3, -0.25) is 14.3 Å². The Morgan fingerprint density at radius 3 is 2.40 bits per heavy atom. The van der Waals surface area contributed by atoms with E-state index in [0.717, 1.165) is 37.3 Å². The number of likely N-dealkylation sites (tertiary alicyclic amines) is 1. The fourth-order valence-corrected chi connectivity index (χ4v) is 4.99. The minimum Gasteiger partial charge on any atom is -0.496 e. The largest absolute Gasteiger partial charge is 0.496 e. The van der Waals surface area contributed by atoms with Crippen LogP contribution in [0.2, 0.25) is 0 Å². The van der Waals surface area contributed by atoms with Gasteiger partial charge in [-0.2, -0.15) is 5.10 Å². The molecule has 10 nitrogen and oxygen atoms in total. The number of nitrogens with one attached hydrogen (secondary N) is 2. The summed E-state index contributed by atoms with van der Waals surface area (Å²) in [7, 11) is 4.83. The number of hydrogen-bond acceptors (Lipinski definition) is 7. The van der Waals surface area contributed by atoms with Gasteiger partial charge in [-0.15, -0.1) is 0 Å². The van der Waals surface area contributed by atoms with Crippen molar-refractivity contribution in [2.75, 3.05) is 54.1 Å². The van der Waals surface area contributed by atoms with Crippen LogP contribution in [0.15, 0.2) is 24.3 Å². The second kappa shape index (κ2) is 16.2. The SMILES string of the molecule is CCC(C)Cn1nc(C(=O)N[C@@H](CCN2CCCCC2)CC(=O)NCCOC)cc1-c1c(OC)cccc1OC. The molecule has 0 spiro atoms. The van der Waals surface area contributed by atoms with Crippen LogP contribution in [0, 0.1) is 5.92 Å². The van der Waals surface area contributed by atoms with Crippen molar-refractivity contribution >= 4 is 11.8 Å². The summed E-state index contributed by atoms with van der Waals surface area (Å²) < 4.78 is 18.2. The number of amides is 2. The second-order valence-corrected chi connectivity index (χ2v) is 10.6. The molecule has 0 aliphatic carbocycles. The van der Waals surface area contributed by atoms with Crippen LogP contribution < -0.4 is 20.1 Å². The van der Waals surface area contributed by atoms with Crippen molar-refractivity contribution < 1.29 is 23.8 Å². The van der Waals surface area contributed by atoms with Gasteiger partial charge in [0.2, 0.25) is 5.91 Å². The first-order valence-electron chi connectivity index (χ1n) is 14.5. The zero-order valence-electron chi connectivity index (χ0n) is 24.8. The van der Waals surface area contributed by atoms with Gasteiger partial charge in [0.1, 0.15) is 11.5 Å². The zero-order chi connectivity index (χ0) is 28.9. The Morgan fingerprint density at radius 1 is 1.07 bits per heavy atom. The number of ether oxygens (including phenoxy) is 3. The minimum atomic E-state index is -0.319. The molecule has 0 saturated carbocycles. The number of hydrogen-bond donors (Lipinski definition) is 2. The van der Waals surface area contributed by atoms with Gasteiger partial charge in [0.15, 0.2) is 5.69 Å². The first kappa shape index (κ1) is 31.4. The number of benzene rings is 1. The van der Waals surface area contributed by atoms with E-state index in [9.17, 15) is 9.59 Å². The van der Waals surface area contributed by atoms with E-state index in [1.807, 2.05) is 22.9 Å². The summed E-state index contributed by atoms with van der Waals surface area (Å²) in [6.07, 6.45) is 5.50. The second-order valence-electron chi connectivity index (χ2n) is 10.6. The van der Waals surface area contributed by atoms with Crippen molar-refractivity contribution in [2.24, 2.45) is 5.92 Å². The Morgan fingerprint density at radius 2 is 1.77 bits per heavy atom. The van der Waals surface area contributed by atoms with E-state index in [1.165, 1.54) is 19.3 Å². The maximum atomic E-state index is 13.6. The number of nitrogens with zero attached hydrogens (tertiary/aromatic N) is 3. The molecule has 40 heavy (non-hydrogen) atoms. The molecule has 1 fully saturated rings. The van der Waals surface area contributed by atoms with Crippen molar-refractivity contribution in [2.45, 2.75) is 65.0 Å². The van der Waals surface area contributed by atoms with Crippen molar-refractivity contribution in [1.82, 2.24) is 25.3 Å². The minimum absolute atomic E-state index is 0.109. The Bertz CT molecular complexity index is 1060. The third-order valence-corrected chi connectivity index (χ3v) is 7.52. The monoisotopic (exact) mass is 557 g/mol. The normalized spacial score (nSPS) is 15.3. The Labute approximate surface area is 238 Å². The lowest BCUT2D eigenvalue weighted by Crippen LogP contribution is -2.42. The van der Waals surface area contributed by atoms with Crippen molar-refractivity contribution in [3.05, 3.63) is 30.0 Å². The number of methoxy groups -OCH3 is 3. The molecule has 1 aliphatic heterocycles. The van der Waals surface area contributed by atoms with Crippen molar-refractivity contribution in [3.63, 3.8) is 0 Å². The molecule has 2 atom stereocenters. The van der Waals surface area contributed by atoms with Crippen molar-refractivity contribution in [3.8, 4) is 22.8 Å². The highest BCUT2D eigenvalue weighted by Gasteiger charge is 2.25. The average Bonchev–Trinajstić information content (AvgIpc) is 3.39. The first-order valence-corrected chi connectivity index (χ1v) is 14.5. The van der Waals surface area contributed by atoms with Gasteiger partial charge in [-0.05, 0) is 56.5 Å². The molecular formula is C30H47N5O5. The van der Waals surface area contributed by atoms with Crippen LogP contribution in [0.25, 0.3) is 11.3 Å². The smallest absolute Gasteiger partial charge is 0.272 e. The summed E-state index contributed by atoms with van der Waals surface area (Å²) in [6.45, 7) is 8.77. The molecule has 1 aromatic heterocycles. The van der Waals surface area contributed by atoms with Gasteiger partial charge < -0.3 is 29.7 Å². The fourth-order valence-electron chi connectivity index (χ4n) is 4.99. The fraction of sp³-hybridized carbons (Fsp3) is 0.633. The predicted octanol–water partition coefficient (Wildman–Crippen LogP) is 3.74. The highest BCUT2D eigenvalue weighted by Crippen LogP contribution is 2.39. The lowest BCUT2D eigenvalue weighted by molar-refractivity contribution is -0.121. The Kier molecular flexibility index (Phi) is 12.7. The first-order chi connectivity index (χ1) is 19.4. The van der Waals surface area contributed by atoms with E-state index >= 15 is 0 Å². The molecule has 1 aliphatic rings. The zero-order valence-corrected chi connectivity index (χ0v) is 24.8. The average molecular weight is 558 g/mol. The summed E-state index contributed by atoms with van der Waals surface area (Å²) in [6, 6.07) is 7.09. The van der Waals surface area contributed by atoms with Crippen LogP contribution >= 0.6 is 0 Å². The molecule has 2 aromatic rings. The number of rotatable bonds is 16. The van der Waals surface area contributed by atoms with Gasteiger partial charge in [0, 0.05) is 39.2 Å². The molecule has 2 amide bonds. The topological polar surface area (TPSA) is 107 Å². The lowest BCUT2D eigenvalue weighted by atomic mass is 10.1. The van der Waals surface area contributed by atoms with E-state index in [1.54, 1.807) is 27.4 Å². The molecule has 3 rings (SSSR count). The molecular weight excluding hydrogens is 510 g/mol. The third kappa shape index (κ3) is 8.96. The predicted molar refractivity (Wildman–Crippen MR) is 156 cm³/mol. The van der Waals surface area contributed by atoms with Crippen LogP contribution in [0.1, 0.15) is 62.9 Å². The van der Waals surface area contributed by atoms with Crippen molar-refractivity contribution in [1.29, 1.82) is 0 Å². The van der Waals surface area contributed by atoms with E-state index in [2.05, 4.69) is 29.4 Å². The molecule has 0 bridgehead atoms. The van der Waals surface area contributed by atoms with Gasteiger partial charge in [-0.1, -0.05) is 32.8 Å². The van der Waals surface area contributed by atoms with E-state index < -0.39 is 0 Å². The van der Waals surface area contributed by atoms with Crippen LogP contribution in [0.4, 0.5) is 0 Å². The standard InChI is InChI=1S/C30H47N5O5/c1-6-22(2)21-35-25(29-26(39-4)11-10-12-27(29)40-5)20-24(33-35)30(37)32-23(19-28(36)31-14-18-38-3)13-17-34-15-8-7-9-16-34/h10-12,20,22-23H,6-9,13-19,21H2,1-5H3,(H,31,36)(H,32,37)/t22?,23-/m0/s1. The summed E-state index contributed by atoms with van der Waals surface area (Å²) in [5.74, 6) is 1.23. The Balaban J connectivity index is 1.85. The van der Waals surface area contributed by atoms with Crippen LogP contribution in [-0.4, -0.2) is 86.7 Å². The molecule has 2 heterocycles. The van der Waals surface area contributed by atoms with Gasteiger partial charge in [-0.25, -0.2) is 0 Å². The molecule has 1 unspecified atom stereocenters. The third-order valence-electron chi connectivity index (χ3n) is 7.52. The van der Waals surface area contributed by atoms with Gasteiger partial charge in [0.05, 0.1) is 32.1 Å². The summed E-state index contributed by atoms with van der Waals surface area (Å²) in [5, 5.41) is 10.7. The highest BCUT2D eigenvalue weighted by atomic mass is 16.5. The number of carbonyl (C=O) groups is 2. The van der Waals surface area contributed by atoms with E-state index in [-0.39, 0.29) is 24.3 Å². The maximum Gasteiger partial charge on any atom is 0.272 e. The number of aromatic nitrogens is 2. The highest BCUT2D eigenvalue weighted by molar-refractivity contribution is 5.94. The lowest BCUT2D eigenvalue weighted by Gasteiger charge is -2.28. The molecule has 2 N–H and O–H groups in total. The van der Waals surface area contributed by atoms with E-state index in [0.29, 0.717) is 49.2 Å². The van der Waals surface area contributed by atoms with E-state index in [4.69, 9.17) is 19.3 Å². The molecule has 1 saturated heterocycles. The van der Waals surface area contributed by atoms with Crippen LogP contribution in [0.3, 0.4) is 0 Å². The summed E-state index contributed by atoms with van der Waals surface area (Å²) in [5.41, 5.74) is 1.80. The number of piperidine rings is 1. The molecule has 1 aromatic carbocycles. The van der Waals surface area contributed by atoms with Crippen LogP contribution in [-0.2, 0) is 16.1 Å². The number of carbonyl (C=O) groups excluding carboxylic acids is 2. The molecule has 222 valence electrons. The Hall–Kier alpha value is -3.11. The van der Waals surface area contributed by atoms with Crippen LogP contribution in [0.5, 0.6) is 11.5 Å². The molecule has 0 radical (unpaired) electrons. The quantitative estimate of drug-likeness (QED) is 0.303. The summed E-state index contributed by atoms with van der Waals surface area (Å²) in [4.78, 5) is 28.7. The molecule has 10 heteroatoms.